The van der Waals surface area contributed by atoms with Crippen molar-refractivity contribution >= 4 is 21.9 Å². The molecule has 4 nitrogen and oxygen atoms in total. The molecule has 0 aliphatic heterocycles. The minimum Gasteiger partial charge on any atom is -0.481 e. The van der Waals surface area contributed by atoms with Crippen molar-refractivity contribution in [2.75, 3.05) is 0 Å². The van der Waals surface area contributed by atoms with Crippen molar-refractivity contribution in [3.8, 4) is 17.6 Å². The molecule has 0 aliphatic carbocycles. The molecule has 0 amide bonds. The molecule has 0 fully saturated rings. The summed E-state index contributed by atoms with van der Waals surface area (Å²) in [6.45, 7) is 0. The number of nitriles is 1. The zero-order chi connectivity index (χ0) is 14.5. The van der Waals surface area contributed by atoms with Gasteiger partial charge in [-0.1, -0.05) is 18.2 Å². The minimum atomic E-state index is -0.917. The number of hydrogen-bond donors (Lipinski definition) is 1. The fourth-order valence-electron chi connectivity index (χ4n) is 1.68. The summed E-state index contributed by atoms with van der Waals surface area (Å²) in [4.78, 5) is 10.8. The third kappa shape index (κ3) is 3.37. The number of carboxylic acid groups (broad SMARTS) is 1. The molecule has 2 aromatic carbocycles. The van der Waals surface area contributed by atoms with E-state index in [1.54, 1.807) is 42.5 Å². The van der Waals surface area contributed by atoms with Gasteiger partial charge < -0.3 is 9.84 Å². The Bertz CT molecular complexity index is 692. The molecule has 100 valence electrons. The van der Waals surface area contributed by atoms with Crippen LogP contribution in [0.2, 0.25) is 0 Å². The molecule has 0 saturated carbocycles. The van der Waals surface area contributed by atoms with Gasteiger partial charge >= 0.3 is 5.97 Å². The SMILES string of the molecule is N#Cc1ccc(Oc2ccccc2CC(=O)O)c(Br)c1. The third-order valence-corrected chi connectivity index (χ3v) is 3.21. The molecule has 5 heteroatoms. The number of hydrogen-bond acceptors (Lipinski definition) is 3. The van der Waals surface area contributed by atoms with E-state index in [4.69, 9.17) is 15.1 Å². The van der Waals surface area contributed by atoms with Crippen LogP contribution in [0.4, 0.5) is 0 Å². The Morgan fingerprint density at radius 1 is 1.25 bits per heavy atom. The molecule has 2 aromatic rings. The Labute approximate surface area is 124 Å². The van der Waals surface area contributed by atoms with Gasteiger partial charge in [0.2, 0.25) is 0 Å². The first-order chi connectivity index (χ1) is 9.60. The number of nitrogens with zero attached hydrogens (tertiary/aromatic N) is 1. The number of ether oxygens (including phenoxy) is 1. The van der Waals surface area contributed by atoms with Gasteiger partial charge in [-0.3, -0.25) is 4.79 Å². The smallest absolute Gasteiger partial charge is 0.307 e. The van der Waals surface area contributed by atoms with E-state index >= 15 is 0 Å². The van der Waals surface area contributed by atoms with Crippen LogP contribution in [-0.4, -0.2) is 11.1 Å². The highest BCUT2D eigenvalue weighted by molar-refractivity contribution is 9.10. The Balaban J connectivity index is 2.31. The summed E-state index contributed by atoms with van der Waals surface area (Å²) >= 11 is 3.33. The molecule has 0 bridgehead atoms. The van der Waals surface area contributed by atoms with Gasteiger partial charge in [0.15, 0.2) is 0 Å². The van der Waals surface area contributed by atoms with Crippen LogP contribution in [0, 0.1) is 11.3 Å². The van der Waals surface area contributed by atoms with Crippen molar-refractivity contribution in [2.24, 2.45) is 0 Å². The topological polar surface area (TPSA) is 70.3 Å². The standard InChI is InChI=1S/C15H10BrNO3/c16-12-7-10(9-17)5-6-14(12)20-13-4-2-1-3-11(13)8-15(18)19/h1-7H,8H2,(H,18,19). The van der Waals surface area contributed by atoms with Gasteiger partial charge in [0.1, 0.15) is 11.5 Å². The molecule has 0 heterocycles. The minimum absolute atomic E-state index is 0.107. The number of benzene rings is 2. The second kappa shape index (κ2) is 6.22. The number of carboxylic acids is 1. The first-order valence-corrected chi connectivity index (χ1v) is 6.56. The van der Waals surface area contributed by atoms with Crippen LogP contribution in [0.25, 0.3) is 0 Å². The average molecular weight is 332 g/mol. The monoisotopic (exact) mass is 331 g/mol. The molecule has 0 saturated heterocycles. The Kier molecular flexibility index (Phi) is 4.38. The Morgan fingerprint density at radius 3 is 2.65 bits per heavy atom. The van der Waals surface area contributed by atoms with E-state index in [9.17, 15) is 4.79 Å². The average Bonchev–Trinajstić information content (AvgIpc) is 2.42. The number of rotatable bonds is 4. The predicted octanol–water partition coefficient (Wildman–Crippen LogP) is 3.74. The molecule has 0 aromatic heterocycles. The van der Waals surface area contributed by atoms with Gasteiger partial charge in [0.25, 0.3) is 0 Å². The van der Waals surface area contributed by atoms with Crippen molar-refractivity contribution < 1.29 is 14.6 Å². The van der Waals surface area contributed by atoms with E-state index in [2.05, 4.69) is 15.9 Å². The molecule has 0 unspecified atom stereocenters. The van der Waals surface area contributed by atoms with Crippen LogP contribution in [-0.2, 0) is 11.2 Å². The van der Waals surface area contributed by atoms with Crippen LogP contribution >= 0.6 is 15.9 Å². The van der Waals surface area contributed by atoms with Crippen LogP contribution in [0.5, 0.6) is 11.5 Å². The quantitative estimate of drug-likeness (QED) is 0.926. The second-order valence-corrected chi connectivity index (χ2v) is 4.89. The lowest BCUT2D eigenvalue weighted by Gasteiger charge is -2.11. The first-order valence-electron chi connectivity index (χ1n) is 5.77. The zero-order valence-electron chi connectivity index (χ0n) is 10.3. The van der Waals surface area contributed by atoms with Crippen molar-refractivity contribution in [1.29, 1.82) is 5.26 Å². The van der Waals surface area contributed by atoms with Crippen LogP contribution < -0.4 is 4.74 Å². The van der Waals surface area contributed by atoms with E-state index in [0.717, 1.165) is 0 Å². The van der Waals surface area contributed by atoms with Crippen LogP contribution in [0.15, 0.2) is 46.9 Å². The van der Waals surface area contributed by atoms with Crippen molar-refractivity contribution in [3.05, 3.63) is 58.1 Å². The number of carbonyl (C=O) groups is 1. The Morgan fingerprint density at radius 2 is 2.00 bits per heavy atom. The summed E-state index contributed by atoms with van der Waals surface area (Å²) in [7, 11) is 0. The largest absolute Gasteiger partial charge is 0.481 e. The van der Waals surface area contributed by atoms with Crippen molar-refractivity contribution in [1.82, 2.24) is 0 Å². The molecule has 2 rings (SSSR count). The van der Waals surface area contributed by atoms with Crippen LogP contribution in [0.1, 0.15) is 11.1 Å². The fourth-order valence-corrected chi connectivity index (χ4v) is 2.14. The van der Waals surface area contributed by atoms with Gasteiger partial charge in [0, 0.05) is 5.56 Å². The van der Waals surface area contributed by atoms with E-state index in [-0.39, 0.29) is 6.42 Å². The van der Waals surface area contributed by atoms with Crippen molar-refractivity contribution in [2.45, 2.75) is 6.42 Å². The summed E-state index contributed by atoms with van der Waals surface area (Å²) in [5, 5.41) is 17.7. The number of halogens is 1. The molecular formula is C15H10BrNO3. The molecule has 0 radical (unpaired) electrons. The maximum Gasteiger partial charge on any atom is 0.307 e. The molecule has 1 N–H and O–H groups in total. The predicted molar refractivity (Wildman–Crippen MR) is 76.7 cm³/mol. The lowest BCUT2D eigenvalue weighted by molar-refractivity contribution is -0.136. The summed E-state index contributed by atoms with van der Waals surface area (Å²) in [5.41, 5.74) is 1.11. The van der Waals surface area contributed by atoms with Gasteiger partial charge in [-0.2, -0.15) is 5.26 Å². The second-order valence-electron chi connectivity index (χ2n) is 4.04. The maximum atomic E-state index is 10.8. The fraction of sp³-hybridized carbons (Fsp3) is 0.0667. The van der Waals surface area contributed by atoms with E-state index < -0.39 is 5.97 Å². The highest BCUT2D eigenvalue weighted by Crippen LogP contribution is 2.32. The lowest BCUT2D eigenvalue weighted by Crippen LogP contribution is -2.02. The molecule has 0 atom stereocenters. The molecule has 0 spiro atoms. The molecule has 0 aliphatic rings. The van der Waals surface area contributed by atoms with E-state index in [1.807, 2.05) is 6.07 Å². The van der Waals surface area contributed by atoms with E-state index in [1.165, 1.54) is 0 Å². The molecular weight excluding hydrogens is 322 g/mol. The van der Waals surface area contributed by atoms with Gasteiger partial charge in [0.05, 0.1) is 22.5 Å². The lowest BCUT2D eigenvalue weighted by atomic mass is 10.1. The number of aliphatic carboxylic acids is 1. The van der Waals surface area contributed by atoms with Gasteiger partial charge in [-0.25, -0.2) is 0 Å². The summed E-state index contributed by atoms with van der Waals surface area (Å²) in [6.07, 6.45) is -0.107. The summed E-state index contributed by atoms with van der Waals surface area (Å²) in [6, 6.07) is 13.9. The maximum absolute atomic E-state index is 10.8. The van der Waals surface area contributed by atoms with Crippen molar-refractivity contribution in [3.63, 3.8) is 0 Å². The highest BCUT2D eigenvalue weighted by atomic mass is 79.9. The van der Waals surface area contributed by atoms with Gasteiger partial charge in [-0.15, -0.1) is 0 Å². The normalized spacial score (nSPS) is 9.80. The highest BCUT2D eigenvalue weighted by Gasteiger charge is 2.10. The zero-order valence-corrected chi connectivity index (χ0v) is 11.9. The first kappa shape index (κ1) is 14.1. The summed E-state index contributed by atoms with van der Waals surface area (Å²) < 4.78 is 6.36. The van der Waals surface area contributed by atoms with Crippen LogP contribution in [0.3, 0.4) is 0 Å². The third-order valence-electron chi connectivity index (χ3n) is 2.60. The summed E-state index contributed by atoms with van der Waals surface area (Å²) in [5.74, 6) is 0.0992. The van der Waals surface area contributed by atoms with E-state index in [0.29, 0.717) is 27.1 Å². The molecule has 20 heavy (non-hydrogen) atoms. The Hall–Kier alpha value is -2.32. The number of para-hydroxylation sites is 1. The van der Waals surface area contributed by atoms with Gasteiger partial charge in [-0.05, 0) is 40.2 Å².